The fourth-order valence-corrected chi connectivity index (χ4v) is 3.74. The van der Waals surface area contributed by atoms with Crippen LogP contribution in [-0.2, 0) is 4.79 Å². The van der Waals surface area contributed by atoms with Gasteiger partial charge in [-0.2, -0.15) is 0 Å². The largest absolute Gasteiger partial charge is 0.497 e. The molecule has 1 saturated heterocycles. The molecule has 0 spiro atoms. The summed E-state index contributed by atoms with van der Waals surface area (Å²) in [7, 11) is 3.26. The average Bonchev–Trinajstić information content (AvgIpc) is 3.08. The van der Waals surface area contributed by atoms with Crippen LogP contribution in [0.3, 0.4) is 0 Å². The summed E-state index contributed by atoms with van der Waals surface area (Å²) >= 11 is 0. The summed E-state index contributed by atoms with van der Waals surface area (Å²) in [6, 6.07) is 9.58. The van der Waals surface area contributed by atoms with Crippen molar-refractivity contribution in [1.29, 1.82) is 0 Å². The number of methoxy groups -OCH3 is 2. The molecule has 2 heterocycles. The second-order valence-electron chi connectivity index (χ2n) is 8.42. The summed E-state index contributed by atoms with van der Waals surface area (Å²) in [5, 5.41) is 12.2. The molecule has 8 nitrogen and oxygen atoms in total. The average molecular weight is 442 g/mol. The summed E-state index contributed by atoms with van der Waals surface area (Å²) in [6.07, 6.45) is 1.99. The van der Waals surface area contributed by atoms with Crippen LogP contribution in [0, 0.1) is 5.92 Å². The predicted octanol–water partition coefficient (Wildman–Crippen LogP) is 2.84. The maximum atomic E-state index is 12.5. The first kappa shape index (κ1) is 23.8. The van der Waals surface area contributed by atoms with Gasteiger partial charge in [0.05, 0.1) is 26.5 Å². The Kier molecular flexibility index (Phi) is 8.67. The zero-order valence-corrected chi connectivity index (χ0v) is 19.6. The summed E-state index contributed by atoms with van der Waals surface area (Å²) in [4.78, 5) is 16.7. The minimum Gasteiger partial charge on any atom is -0.497 e. The van der Waals surface area contributed by atoms with Crippen molar-refractivity contribution in [2.45, 2.75) is 26.7 Å². The van der Waals surface area contributed by atoms with Gasteiger partial charge >= 0.3 is 0 Å². The van der Waals surface area contributed by atoms with Gasteiger partial charge in [-0.1, -0.05) is 13.8 Å². The van der Waals surface area contributed by atoms with E-state index in [1.165, 1.54) is 0 Å². The lowest BCUT2D eigenvalue weighted by atomic mass is 10.1. The SMILES string of the molecule is COc1ccc(-c2ccc(N3CCCN(C(=O)CNCCC(C)C)CC3)nn2)c(OC)c1. The van der Waals surface area contributed by atoms with E-state index < -0.39 is 0 Å². The van der Waals surface area contributed by atoms with E-state index in [9.17, 15) is 4.79 Å². The minimum absolute atomic E-state index is 0.170. The van der Waals surface area contributed by atoms with Gasteiger partial charge in [-0.15, -0.1) is 10.2 Å². The molecule has 0 atom stereocenters. The highest BCUT2D eigenvalue weighted by Crippen LogP contribution is 2.32. The lowest BCUT2D eigenvalue weighted by molar-refractivity contribution is -0.130. The third kappa shape index (κ3) is 6.32. The van der Waals surface area contributed by atoms with Crippen molar-refractivity contribution in [3.05, 3.63) is 30.3 Å². The van der Waals surface area contributed by atoms with Crippen molar-refractivity contribution in [1.82, 2.24) is 20.4 Å². The maximum Gasteiger partial charge on any atom is 0.236 e. The quantitative estimate of drug-likeness (QED) is 0.600. The molecule has 1 N–H and O–H groups in total. The molecule has 1 aliphatic heterocycles. The van der Waals surface area contributed by atoms with E-state index in [0.29, 0.717) is 24.8 Å². The van der Waals surface area contributed by atoms with E-state index in [2.05, 4.69) is 34.3 Å². The van der Waals surface area contributed by atoms with Crippen molar-refractivity contribution in [2.24, 2.45) is 5.92 Å². The van der Waals surface area contributed by atoms with E-state index in [1.54, 1.807) is 14.2 Å². The van der Waals surface area contributed by atoms with Gasteiger partial charge in [0, 0.05) is 37.8 Å². The normalized spacial score (nSPS) is 14.4. The van der Waals surface area contributed by atoms with Gasteiger partial charge in [0.1, 0.15) is 11.5 Å². The van der Waals surface area contributed by atoms with Crippen LogP contribution < -0.4 is 19.7 Å². The molecule has 1 fully saturated rings. The highest BCUT2D eigenvalue weighted by molar-refractivity contribution is 5.78. The first-order chi connectivity index (χ1) is 15.5. The highest BCUT2D eigenvalue weighted by atomic mass is 16.5. The van der Waals surface area contributed by atoms with E-state index in [0.717, 1.165) is 61.8 Å². The molecule has 2 aromatic rings. The molecular weight excluding hydrogens is 406 g/mol. The monoisotopic (exact) mass is 441 g/mol. The molecule has 0 unspecified atom stereocenters. The zero-order chi connectivity index (χ0) is 22.9. The van der Waals surface area contributed by atoms with Crippen LogP contribution in [0.25, 0.3) is 11.3 Å². The Morgan fingerprint density at radius 3 is 2.59 bits per heavy atom. The standard InChI is InChI=1S/C24H35N5O3/c1-18(2)10-11-25-17-24(30)29-13-5-12-28(14-15-29)23-9-8-21(26-27-23)20-7-6-19(31-3)16-22(20)32-4/h6-9,16,18,25H,5,10-15,17H2,1-4H3. The fraction of sp³-hybridized carbons (Fsp3) is 0.542. The van der Waals surface area contributed by atoms with Crippen molar-refractivity contribution in [2.75, 3.05) is 58.4 Å². The lowest BCUT2D eigenvalue weighted by Crippen LogP contribution is -2.40. The van der Waals surface area contributed by atoms with Crippen molar-refractivity contribution in [3.8, 4) is 22.8 Å². The molecule has 174 valence electrons. The number of ether oxygens (including phenoxy) is 2. The third-order valence-electron chi connectivity index (χ3n) is 5.68. The minimum atomic E-state index is 0.170. The molecule has 1 amide bonds. The van der Waals surface area contributed by atoms with E-state index >= 15 is 0 Å². The molecule has 0 radical (unpaired) electrons. The smallest absolute Gasteiger partial charge is 0.236 e. The molecule has 3 rings (SSSR count). The topological polar surface area (TPSA) is 79.8 Å². The van der Waals surface area contributed by atoms with Crippen molar-refractivity contribution in [3.63, 3.8) is 0 Å². The first-order valence-corrected chi connectivity index (χ1v) is 11.3. The van der Waals surface area contributed by atoms with Crippen LogP contribution in [0.2, 0.25) is 0 Å². The molecule has 1 aliphatic rings. The van der Waals surface area contributed by atoms with Crippen LogP contribution in [0.1, 0.15) is 26.7 Å². The third-order valence-corrected chi connectivity index (χ3v) is 5.68. The van der Waals surface area contributed by atoms with E-state index in [-0.39, 0.29) is 5.91 Å². The predicted molar refractivity (Wildman–Crippen MR) is 126 cm³/mol. The summed E-state index contributed by atoms with van der Waals surface area (Å²) in [6.45, 7) is 8.74. The van der Waals surface area contributed by atoms with Gasteiger partial charge in [-0.05, 0) is 49.6 Å². The number of benzene rings is 1. The van der Waals surface area contributed by atoms with Crippen LogP contribution in [0.15, 0.2) is 30.3 Å². The molecule has 0 saturated carbocycles. The number of nitrogens with one attached hydrogen (secondary N) is 1. The first-order valence-electron chi connectivity index (χ1n) is 11.3. The molecule has 0 bridgehead atoms. The van der Waals surface area contributed by atoms with Crippen LogP contribution in [-0.4, -0.2) is 74.5 Å². The van der Waals surface area contributed by atoms with Gasteiger partial charge in [0.2, 0.25) is 5.91 Å². The Labute approximate surface area is 190 Å². The van der Waals surface area contributed by atoms with Gasteiger partial charge in [0.15, 0.2) is 5.82 Å². The Balaban J connectivity index is 1.58. The summed E-state index contributed by atoms with van der Waals surface area (Å²) in [5.74, 6) is 3.06. The number of anilines is 1. The van der Waals surface area contributed by atoms with Gasteiger partial charge in [0.25, 0.3) is 0 Å². The van der Waals surface area contributed by atoms with Gasteiger partial charge in [-0.3, -0.25) is 4.79 Å². The number of aromatic nitrogens is 2. The highest BCUT2D eigenvalue weighted by Gasteiger charge is 2.20. The second-order valence-corrected chi connectivity index (χ2v) is 8.42. The molecule has 1 aromatic carbocycles. The molecule has 32 heavy (non-hydrogen) atoms. The van der Waals surface area contributed by atoms with Crippen LogP contribution in [0.4, 0.5) is 5.82 Å². The number of carbonyl (C=O) groups excluding carboxylic acids is 1. The molecule has 8 heteroatoms. The number of hydrogen-bond acceptors (Lipinski definition) is 7. The van der Waals surface area contributed by atoms with Gasteiger partial charge in [-0.25, -0.2) is 0 Å². The Bertz CT molecular complexity index is 872. The Morgan fingerprint density at radius 1 is 1.06 bits per heavy atom. The van der Waals surface area contributed by atoms with E-state index in [4.69, 9.17) is 9.47 Å². The number of amides is 1. The molecule has 0 aliphatic carbocycles. The summed E-state index contributed by atoms with van der Waals surface area (Å²) in [5.41, 5.74) is 1.61. The Morgan fingerprint density at radius 2 is 1.91 bits per heavy atom. The number of rotatable bonds is 9. The maximum absolute atomic E-state index is 12.5. The second kappa shape index (κ2) is 11.7. The van der Waals surface area contributed by atoms with Gasteiger partial charge < -0.3 is 24.6 Å². The van der Waals surface area contributed by atoms with Crippen LogP contribution >= 0.6 is 0 Å². The summed E-state index contributed by atoms with van der Waals surface area (Å²) < 4.78 is 10.8. The van der Waals surface area contributed by atoms with E-state index in [1.807, 2.05) is 35.2 Å². The molecule has 1 aromatic heterocycles. The number of nitrogens with zero attached hydrogens (tertiary/aromatic N) is 4. The lowest BCUT2D eigenvalue weighted by Gasteiger charge is -2.23. The number of carbonyl (C=O) groups is 1. The Hall–Kier alpha value is -2.87. The zero-order valence-electron chi connectivity index (χ0n) is 19.6. The van der Waals surface area contributed by atoms with Crippen molar-refractivity contribution >= 4 is 11.7 Å². The number of hydrogen-bond donors (Lipinski definition) is 1. The molecular formula is C24H35N5O3. The fourth-order valence-electron chi connectivity index (χ4n) is 3.74. The van der Waals surface area contributed by atoms with Crippen LogP contribution in [0.5, 0.6) is 11.5 Å². The van der Waals surface area contributed by atoms with Crippen molar-refractivity contribution < 1.29 is 14.3 Å².